The molecule has 0 aliphatic carbocycles. The average molecular weight is 338 g/mol. The Morgan fingerprint density at radius 2 is 1.60 bits per heavy atom. The first-order valence-electron chi connectivity index (χ1n) is 8.08. The van der Waals surface area contributed by atoms with E-state index in [0.717, 1.165) is 16.7 Å². The number of nitrogens with zero attached hydrogens (tertiary/aromatic N) is 1. The molecule has 0 saturated carbocycles. The minimum atomic E-state index is 0.524. The Hall–Kier alpha value is -3.13. The van der Waals surface area contributed by atoms with Crippen molar-refractivity contribution in [2.75, 3.05) is 26.1 Å². The van der Waals surface area contributed by atoms with Crippen LogP contribution in [0.15, 0.2) is 42.5 Å². The summed E-state index contributed by atoms with van der Waals surface area (Å²) in [6.07, 6.45) is 1.50. The second kappa shape index (κ2) is 8.65. The molecule has 0 bridgehead atoms. The van der Waals surface area contributed by atoms with E-state index in [1.165, 1.54) is 6.08 Å². The summed E-state index contributed by atoms with van der Waals surface area (Å²) < 4.78 is 16.6. The van der Waals surface area contributed by atoms with Gasteiger partial charge < -0.3 is 19.9 Å². The van der Waals surface area contributed by atoms with Crippen LogP contribution in [0.5, 0.6) is 17.2 Å². The van der Waals surface area contributed by atoms with Crippen molar-refractivity contribution in [1.82, 2.24) is 0 Å². The average Bonchev–Trinajstić information content (AvgIpc) is 2.62. The summed E-state index contributed by atoms with van der Waals surface area (Å²) in [4.78, 5) is 0. The Bertz CT molecular complexity index is 807. The van der Waals surface area contributed by atoms with E-state index in [-0.39, 0.29) is 0 Å². The zero-order chi connectivity index (χ0) is 18.2. The lowest BCUT2D eigenvalue weighted by Crippen LogP contribution is -2.00. The van der Waals surface area contributed by atoms with E-state index in [9.17, 15) is 5.26 Å². The molecule has 0 atom stereocenters. The van der Waals surface area contributed by atoms with Crippen LogP contribution < -0.4 is 19.9 Å². The number of allylic oxidation sites excluding steroid dienone is 1. The van der Waals surface area contributed by atoms with Crippen molar-refractivity contribution in [2.45, 2.75) is 13.8 Å². The minimum Gasteiger partial charge on any atom is -0.495 e. The van der Waals surface area contributed by atoms with E-state index in [1.807, 2.05) is 44.2 Å². The molecule has 2 aromatic rings. The van der Waals surface area contributed by atoms with Gasteiger partial charge in [0.2, 0.25) is 0 Å². The van der Waals surface area contributed by atoms with Crippen LogP contribution in [0.3, 0.4) is 0 Å². The molecule has 0 fully saturated rings. The van der Waals surface area contributed by atoms with Crippen molar-refractivity contribution in [2.24, 2.45) is 0 Å². The molecule has 2 rings (SSSR count). The molecule has 0 radical (unpaired) electrons. The van der Waals surface area contributed by atoms with E-state index < -0.39 is 0 Å². The first-order chi connectivity index (χ1) is 12.1. The maximum atomic E-state index is 9.21. The van der Waals surface area contributed by atoms with Gasteiger partial charge in [-0.05, 0) is 54.8 Å². The second-order valence-corrected chi connectivity index (χ2v) is 5.17. The van der Waals surface area contributed by atoms with Gasteiger partial charge in [0.25, 0.3) is 0 Å². The molecule has 5 nitrogen and oxygen atoms in total. The van der Waals surface area contributed by atoms with Gasteiger partial charge in [-0.2, -0.15) is 5.26 Å². The number of nitriles is 1. The van der Waals surface area contributed by atoms with Gasteiger partial charge in [-0.3, -0.25) is 0 Å². The number of nitrogen functional groups attached to an aromatic ring is 1. The summed E-state index contributed by atoms with van der Waals surface area (Å²) in [6, 6.07) is 13.2. The zero-order valence-corrected chi connectivity index (χ0v) is 14.7. The zero-order valence-electron chi connectivity index (χ0n) is 14.7. The first-order valence-corrected chi connectivity index (χ1v) is 8.08. The van der Waals surface area contributed by atoms with Crippen molar-refractivity contribution < 1.29 is 14.2 Å². The third-order valence-corrected chi connectivity index (χ3v) is 3.61. The van der Waals surface area contributed by atoms with Crippen LogP contribution in [0.1, 0.15) is 25.0 Å². The van der Waals surface area contributed by atoms with E-state index in [1.54, 1.807) is 13.2 Å². The van der Waals surface area contributed by atoms with Crippen LogP contribution in [0.4, 0.5) is 5.69 Å². The molecule has 2 aromatic carbocycles. The molecule has 130 valence electrons. The topological polar surface area (TPSA) is 77.5 Å². The Kier molecular flexibility index (Phi) is 6.30. The summed E-state index contributed by atoms with van der Waals surface area (Å²) in [6.45, 7) is 4.91. The highest BCUT2D eigenvalue weighted by Crippen LogP contribution is 2.35. The molecular weight excluding hydrogens is 316 g/mol. The van der Waals surface area contributed by atoms with Crippen LogP contribution in [-0.2, 0) is 0 Å². The highest BCUT2D eigenvalue weighted by Gasteiger charge is 2.12. The number of hydrogen-bond donors (Lipinski definition) is 1. The molecular formula is C20H22N2O3. The van der Waals surface area contributed by atoms with E-state index >= 15 is 0 Å². The standard InChI is InChI=1S/C20H22N2O3/c1-4-24-18-9-7-15(13-20(18)25-5-2)16(10-11-21)14-6-8-17(22)19(12-14)23-3/h6-10,12-13H,4-5,22H2,1-3H3. The normalized spacial score (nSPS) is 10.9. The molecule has 0 heterocycles. The Balaban J connectivity index is 2.53. The summed E-state index contributed by atoms with van der Waals surface area (Å²) in [5, 5.41) is 9.21. The predicted octanol–water partition coefficient (Wildman–Crippen LogP) is 4.03. The Morgan fingerprint density at radius 3 is 2.20 bits per heavy atom. The lowest BCUT2D eigenvalue weighted by atomic mass is 9.96. The van der Waals surface area contributed by atoms with Gasteiger partial charge in [-0.15, -0.1) is 0 Å². The molecule has 2 N–H and O–H groups in total. The van der Waals surface area contributed by atoms with Gasteiger partial charge in [-0.25, -0.2) is 0 Å². The maximum absolute atomic E-state index is 9.21. The number of benzene rings is 2. The Morgan fingerprint density at radius 1 is 1.00 bits per heavy atom. The molecule has 0 aromatic heterocycles. The monoisotopic (exact) mass is 338 g/mol. The fourth-order valence-electron chi connectivity index (χ4n) is 2.50. The van der Waals surface area contributed by atoms with Gasteiger partial charge in [-0.1, -0.05) is 12.1 Å². The van der Waals surface area contributed by atoms with E-state index in [4.69, 9.17) is 19.9 Å². The molecule has 0 saturated heterocycles. The number of nitrogens with two attached hydrogens (primary N) is 1. The number of rotatable bonds is 7. The van der Waals surface area contributed by atoms with Crippen molar-refractivity contribution >= 4 is 11.3 Å². The summed E-state index contributed by atoms with van der Waals surface area (Å²) in [7, 11) is 1.56. The van der Waals surface area contributed by atoms with Gasteiger partial charge >= 0.3 is 0 Å². The molecule has 0 unspecified atom stereocenters. The predicted molar refractivity (Wildman–Crippen MR) is 98.9 cm³/mol. The molecule has 5 heteroatoms. The lowest BCUT2D eigenvalue weighted by Gasteiger charge is -2.15. The van der Waals surface area contributed by atoms with Crippen LogP contribution in [-0.4, -0.2) is 20.3 Å². The van der Waals surface area contributed by atoms with Crippen LogP contribution in [0.25, 0.3) is 5.57 Å². The van der Waals surface area contributed by atoms with Crippen molar-refractivity contribution in [3.63, 3.8) is 0 Å². The Labute approximate surface area is 148 Å². The maximum Gasteiger partial charge on any atom is 0.161 e. The van der Waals surface area contributed by atoms with Gasteiger partial charge in [0, 0.05) is 6.08 Å². The molecule has 0 spiro atoms. The first kappa shape index (κ1) is 18.2. The molecule has 0 amide bonds. The summed E-state index contributed by atoms with van der Waals surface area (Å²) in [5.41, 5.74) is 8.86. The second-order valence-electron chi connectivity index (χ2n) is 5.17. The number of ether oxygens (including phenoxy) is 3. The fourth-order valence-corrected chi connectivity index (χ4v) is 2.50. The summed E-state index contributed by atoms with van der Waals surface area (Å²) >= 11 is 0. The van der Waals surface area contributed by atoms with E-state index in [2.05, 4.69) is 6.07 Å². The highest BCUT2D eigenvalue weighted by molar-refractivity contribution is 5.83. The molecule has 0 aliphatic heterocycles. The van der Waals surface area contributed by atoms with Crippen LogP contribution in [0, 0.1) is 11.3 Å². The van der Waals surface area contributed by atoms with Crippen molar-refractivity contribution in [3.8, 4) is 23.3 Å². The van der Waals surface area contributed by atoms with Crippen molar-refractivity contribution in [3.05, 3.63) is 53.6 Å². The van der Waals surface area contributed by atoms with Crippen molar-refractivity contribution in [1.29, 1.82) is 5.26 Å². The molecule has 25 heavy (non-hydrogen) atoms. The van der Waals surface area contributed by atoms with Crippen LogP contribution in [0.2, 0.25) is 0 Å². The third-order valence-electron chi connectivity index (χ3n) is 3.61. The quantitative estimate of drug-likeness (QED) is 0.609. The SMILES string of the molecule is CCOc1ccc(C(=CC#N)c2ccc(N)c(OC)c2)cc1OCC. The lowest BCUT2D eigenvalue weighted by molar-refractivity contribution is 0.287. The molecule has 0 aliphatic rings. The van der Waals surface area contributed by atoms with E-state index in [0.29, 0.717) is 36.1 Å². The van der Waals surface area contributed by atoms with Crippen LogP contribution >= 0.6 is 0 Å². The number of methoxy groups -OCH3 is 1. The summed E-state index contributed by atoms with van der Waals surface area (Å²) in [5.74, 6) is 1.89. The third kappa shape index (κ3) is 4.24. The number of anilines is 1. The highest BCUT2D eigenvalue weighted by atomic mass is 16.5. The smallest absolute Gasteiger partial charge is 0.161 e. The van der Waals surface area contributed by atoms with Gasteiger partial charge in [0.05, 0.1) is 32.1 Å². The number of hydrogen-bond acceptors (Lipinski definition) is 5. The fraction of sp³-hybridized carbons (Fsp3) is 0.250. The minimum absolute atomic E-state index is 0.524. The van der Waals surface area contributed by atoms with Gasteiger partial charge in [0.1, 0.15) is 5.75 Å². The largest absolute Gasteiger partial charge is 0.495 e. The van der Waals surface area contributed by atoms with Gasteiger partial charge in [0.15, 0.2) is 11.5 Å².